The van der Waals surface area contributed by atoms with Gasteiger partial charge >= 0.3 is 0 Å². The molecule has 1 atom stereocenters. The first-order chi connectivity index (χ1) is 14.3. The van der Waals surface area contributed by atoms with E-state index in [0.29, 0.717) is 17.3 Å². The van der Waals surface area contributed by atoms with Crippen LogP contribution in [0.2, 0.25) is 0 Å². The Hall–Kier alpha value is -3.29. The molecule has 0 saturated heterocycles. The van der Waals surface area contributed by atoms with Crippen LogP contribution in [-0.4, -0.2) is 25.0 Å². The minimum atomic E-state index is -0.238. The van der Waals surface area contributed by atoms with Crippen molar-refractivity contribution in [1.82, 2.24) is 10.3 Å². The molecule has 7 heteroatoms. The van der Waals surface area contributed by atoms with Gasteiger partial charge in [-0.3, -0.25) is 10.3 Å². The molecule has 1 aliphatic heterocycles. The maximum absolute atomic E-state index is 6.09. The molecular formula is C22H18N4O2S. The van der Waals surface area contributed by atoms with Gasteiger partial charge in [0.15, 0.2) is 6.23 Å². The van der Waals surface area contributed by atoms with E-state index in [1.165, 1.54) is 11.3 Å². The van der Waals surface area contributed by atoms with E-state index < -0.39 is 0 Å². The minimum Gasteiger partial charge on any atom is -0.453 e. The third kappa shape index (κ3) is 3.14. The topological polar surface area (TPSA) is 72.0 Å². The number of thiophene rings is 1. The van der Waals surface area contributed by atoms with Crippen LogP contribution < -0.4 is 10.9 Å². The lowest BCUT2D eigenvalue weighted by molar-refractivity contribution is 0.160. The molecule has 2 aromatic heterocycles. The number of fused-ring (bicyclic) bond motifs is 2. The first kappa shape index (κ1) is 17.8. The first-order valence-electron chi connectivity index (χ1n) is 9.21. The summed E-state index contributed by atoms with van der Waals surface area (Å²) < 4.78 is 12.1. The molecule has 3 heterocycles. The van der Waals surface area contributed by atoms with Crippen LogP contribution in [0.15, 0.2) is 75.1 Å². The summed E-state index contributed by atoms with van der Waals surface area (Å²) in [5.41, 5.74) is 3.34. The van der Waals surface area contributed by atoms with Crippen LogP contribution in [0.25, 0.3) is 21.7 Å². The van der Waals surface area contributed by atoms with E-state index in [1.54, 1.807) is 7.05 Å². The second-order valence-corrected chi connectivity index (χ2v) is 7.57. The van der Waals surface area contributed by atoms with Gasteiger partial charge in [-0.2, -0.15) is 0 Å². The number of nitrogens with zero attached hydrogens (tertiary/aromatic N) is 3. The van der Waals surface area contributed by atoms with Gasteiger partial charge in [-0.1, -0.05) is 30.3 Å². The minimum absolute atomic E-state index is 0.238. The molecule has 1 aliphatic rings. The molecule has 0 radical (unpaired) electrons. The van der Waals surface area contributed by atoms with Crippen molar-refractivity contribution in [2.24, 2.45) is 9.98 Å². The quantitative estimate of drug-likeness (QED) is 0.551. The standard InChI is InChI=1S/C22H18N4O2S/c1-23-19-13-7-3-5-9-15(13)25-21(27-19)17-11-12-18(29-17)22-26-16-10-6-4-8-14(16)20(24-2)28-22/h3-12,19,23H,1-2H3. The lowest BCUT2D eigenvalue weighted by Crippen LogP contribution is -2.25. The molecule has 1 unspecified atom stereocenters. The Balaban J connectivity index is 1.57. The number of benzene rings is 2. The smallest absolute Gasteiger partial charge is 0.239 e. The van der Waals surface area contributed by atoms with E-state index in [-0.39, 0.29) is 6.23 Å². The van der Waals surface area contributed by atoms with E-state index in [9.17, 15) is 0 Å². The van der Waals surface area contributed by atoms with Crippen molar-refractivity contribution in [3.63, 3.8) is 0 Å². The van der Waals surface area contributed by atoms with Gasteiger partial charge in [-0.05, 0) is 37.4 Å². The van der Waals surface area contributed by atoms with Crippen molar-refractivity contribution in [3.05, 3.63) is 76.7 Å². The number of rotatable bonds is 3. The molecule has 4 aromatic rings. The van der Waals surface area contributed by atoms with Crippen molar-refractivity contribution in [2.45, 2.75) is 6.23 Å². The Morgan fingerprint density at radius 1 is 1.00 bits per heavy atom. The van der Waals surface area contributed by atoms with Gasteiger partial charge in [-0.25, -0.2) is 9.98 Å². The Morgan fingerprint density at radius 3 is 2.66 bits per heavy atom. The highest BCUT2D eigenvalue weighted by Gasteiger charge is 2.24. The van der Waals surface area contributed by atoms with Gasteiger partial charge in [-0.15, -0.1) is 11.3 Å². The molecule has 6 nitrogen and oxygen atoms in total. The maximum Gasteiger partial charge on any atom is 0.239 e. The summed E-state index contributed by atoms with van der Waals surface area (Å²) >= 11 is 1.53. The molecule has 29 heavy (non-hydrogen) atoms. The van der Waals surface area contributed by atoms with Crippen molar-refractivity contribution >= 4 is 33.8 Å². The molecule has 0 fully saturated rings. The predicted octanol–water partition coefficient (Wildman–Crippen LogP) is 4.41. The SMILES string of the molecule is CN=c1oc(-c2ccc(C3=Nc4ccccc4C(NC)O3)s2)nc2ccccc12. The number of hydrogen-bond acceptors (Lipinski definition) is 7. The van der Waals surface area contributed by atoms with Crippen molar-refractivity contribution < 1.29 is 9.15 Å². The number of aliphatic imine (C=N–C) groups is 1. The lowest BCUT2D eigenvalue weighted by Gasteiger charge is -2.24. The number of hydrogen-bond donors (Lipinski definition) is 1. The largest absolute Gasteiger partial charge is 0.453 e. The molecule has 0 aliphatic carbocycles. The summed E-state index contributed by atoms with van der Waals surface area (Å²) in [5, 5.41) is 4.08. The molecule has 0 amide bonds. The summed E-state index contributed by atoms with van der Waals surface area (Å²) in [4.78, 5) is 15.4. The lowest BCUT2D eigenvalue weighted by atomic mass is 10.1. The second-order valence-electron chi connectivity index (χ2n) is 6.49. The van der Waals surface area contributed by atoms with Gasteiger partial charge in [0, 0.05) is 12.6 Å². The normalized spacial score (nSPS) is 16.4. The van der Waals surface area contributed by atoms with Crippen LogP contribution in [-0.2, 0) is 4.74 Å². The summed E-state index contributed by atoms with van der Waals surface area (Å²) in [7, 11) is 3.59. The van der Waals surface area contributed by atoms with Crippen molar-refractivity contribution in [3.8, 4) is 10.8 Å². The van der Waals surface area contributed by atoms with Crippen LogP contribution in [0.3, 0.4) is 0 Å². The van der Waals surface area contributed by atoms with E-state index in [2.05, 4.69) is 15.3 Å². The third-order valence-electron chi connectivity index (χ3n) is 4.71. The zero-order valence-electron chi connectivity index (χ0n) is 15.9. The zero-order valence-corrected chi connectivity index (χ0v) is 16.7. The summed E-state index contributed by atoms with van der Waals surface area (Å²) in [6.07, 6.45) is -0.238. The van der Waals surface area contributed by atoms with Crippen LogP contribution in [0, 0.1) is 0 Å². The molecule has 5 rings (SSSR count). The van der Waals surface area contributed by atoms with E-state index in [1.807, 2.05) is 67.7 Å². The number of ether oxygens (including phenoxy) is 1. The van der Waals surface area contributed by atoms with Gasteiger partial charge < -0.3 is 9.15 Å². The summed E-state index contributed by atoms with van der Waals surface area (Å²) in [6.45, 7) is 0. The fourth-order valence-corrected chi connectivity index (χ4v) is 4.18. The second kappa shape index (κ2) is 7.27. The predicted molar refractivity (Wildman–Crippen MR) is 114 cm³/mol. The van der Waals surface area contributed by atoms with Crippen LogP contribution in [0.4, 0.5) is 5.69 Å². The van der Waals surface area contributed by atoms with Crippen LogP contribution in [0.1, 0.15) is 16.7 Å². The Kier molecular flexibility index (Phi) is 4.46. The van der Waals surface area contributed by atoms with Gasteiger partial charge in [0.25, 0.3) is 0 Å². The molecule has 2 aromatic carbocycles. The Bertz CT molecular complexity index is 1310. The average Bonchev–Trinajstić information content (AvgIpc) is 3.28. The summed E-state index contributed by atoms with van der Waals surface area (Å²) in [5.74, 6) is 1.11. The van der Waals surface area contributed by atoms with E-state index in [0.717, 1.165) is 31.9 Å². The average molecular weight is 402 g/mol. The highest BCUT2D eigenvalue weighted by atomic mass is 32.1. The zero-order chi connectivity index (χ0) is 19.8. The fourth-order valence-electron chi connectivity index (χ4n) is 3.32. The van der Waals surface area contributed by atoms with Gasteiger partial charge in [0.1, 0.15) is 0 Å². The number of nitrogens with one attached hydrogen (secondary N) is 1. The van der Waals surface area contributed by atoms with Crippen LogP contribution >= 0.6 is 11.3 Å². The molecular weight excluding hydrogens is 384 g/mol. The molecule has 0 bridgehead atoms. The molecule has 144 valence electrons. The first-order valence-corrected chi connectivity index (χ1v) is 10.0. The van der Waals surface area contributed by atoms with Crippen LogP contribution in [0.5, 0.6) is 0 Å². The molecule has 1 N–H and O–H groups in total. The van der Waals surface area contributed by atoms with Gasteiger partial charge in [0.2, 0.25) is 17.3 Å². The molecule has 0 spiro atoms. The Labute approximate surface area is 171 Å². The highest BCUT2D eigenvalue weighted by Crippen LogP contribution is 2.35. The number of para-hydroxylation sites is 2. The van der Waals surface area contributed by atoms with E-state index >= 15 is 0 Å². The monoisotopic (exact) mass is 402 g/mol. The van der Waals surface area contributed by atoms with Crippen molar-refractivity contribution in [2.75, 3.05) is 14.1 Å². The summed E-state index contributed by atoms with van der Waals surface area (Å²) in [6, 6.07) is 19.7. The van der Waals surface area contributed by atoms with Crippen molar-refractivity contribution in [1.29, 1.82) is 0 Å². The maximum atomic E-state index is 6.09. The fraction of sp³-hybridized carbons (Fsp3) is 0.136. The Morgan fingerprint density at radius 2 is 1.79 bits per heavy atom. The van der Waals surface area contributed by atoms with E-state index in [4.69, 9.17) is 14.1 Å². The number of aromatic nitrogens is 1. The highest BCUT2D eigenvalue weighted by molar-refractivity contribution is 7.17. The molecule has 0 saturated carbocycles. The third-order valence-corrected chi connectivity index (χ3v) is 5.77. The van der Waals surface area contributed by atoms with Gasteiger partial charge in [0.05, 0.1) is 26.3 Å².